The van der Waals surface area contributed by atoms with Crippen LogP contribution in [0.5, 0.6) is 0 Å². The molecular weight excluding hydrogens is 296 g/mol. The molecule has 0 aromatic carbocycles. The third-order valence-electron chi connectivity index (χ3n) is 4.57. The number of carboxylic acid groups (broad SMARTS) is 4. The van der Waals surface area contributed by atoms with Crippen LogP contribution < -0.4 is 0 Å². The maximum absolute atomic E-state index is 11.5. The first kappa shape index (κ1) is 16.0. The Hall–Kier alpha value is -2.38. The minimum Gasteiger partial charge on any atom is -0.481 e. The van der Waals surface area contributed by atoms with E-state index in [9.17, 15) is 39.6 Å². The first-order chi connectivity index (χ1) is 10.3. The van der Waals surface area contributed by atoms with Crippen molar-refractivity contribution in [1.29, 1.82) is 0 Å². The summed E-state index contributed by atoms with van der Waals surface area (Å²) >= 11 is 0. The Balaban J connectivity index is 2.64. The Kier molecular flexibility index (Phi) is 4.20. The smallest absolute Gasteiger partial charge is 0.311 e. The molecule has 8 nitrogen and oxygen atoms in total. The van der Waals surface area contributed by atoms with Gasteiger partial charge in [0.05, 0.1) is 23.7 Å². The summed E-state index contributed by atoms with van der Waals surface area (Å²) in [5.41, 5.74) is 0.246. The van der Waals surface area contributed by atoms with Crippen molar-refractivity contribution in [2.75, 3.05) is 0 Å². The van der Waals surface area contributed by atoms with Crippen LogP contribution in [0.2, 0.25) is 0 Å². The highest BCUT2D eigenvalue weighted by molar-refractivity contribution is 5.91. The van der Waals surface area contributed by atoms with Crippen molar-refractivity contribution in [3.8, 4) is 0 Å². The topological polar surface area (TPSA) is 149 Å². The zero-order valence-corrected chi connectivity index (χ0v) is 11.5. The molecule has 0 aliphatic heterocycles. The number of carboxylic acids is 4. The number of allylic oxidation sites excluding steroid dienone is 1. The van der Waals surface area contributed by atoms with Gasteiger partial charge < -0.3 is 20.4 Å². The lowest BCUT2D eigenvalue weighted by atomic mass is 9.57. The van der Waals surface area contributed by atoms with Crippen LogP contribution in [-0.2, 0) is 19.2 Å². The van der Waals surface area contributed by atoms with Crippen molar-refractivity contribution >= 4 is 23.9 Å². The van der Waals surface area contributed by atoms with Gasteiger partial charge in [-0.2, -0.15) is 0 Å². The second kappa shape index (κ2) is 5.78. The first-order valence-electron chi connectivity index (χ1n) is 6.88. The molecule has 0 spiro atoms. The summed E-state index contributed by atoms with van der Waals surface area (Å²) in [6, 6.07) is 0. The van der Waals surface area contributed by atoms with Crippen molar-refractivity contribution in [1.82, 2.24) is 0 Å². The van der Waals surface area contributed by atoms with Gasteiger partial charge in [-0.3, -0.25) is 19.2 Å². The van der Waals surface area contributed by atoms with E-state index in [-0.39, 0.29) is 5.57 Å². The fourth-order valence-electron chi connectivity index (χ4n) is 3.78. The van der Waals surface area contributed by atoms with Crippen LogP contribution in [-0.4, -0.2) is 44.3 Å². The van der Waals surface area contributed by atoms with E-state index >= 15 is 0 Å². The van der Waals surface area contributed by atoms with Gasteiger partial charge in [0.2, 0.25) is 0 Å². The number of carbonyl (C=O) groups is 4. The molecule has 1 saturated carbocycles. The van der Waals surface area contributed by atoms with Gasteiger partial charge in [-0.15, -0.1) is 0 Å². The molecule has 0 bridgehead atoms. The average molecular weight is 312 g/mol. The Morgan fingerprint density at radius 2 is 1.36 bits per heavy atom. The van der Waals surface area contributed by atoms with Gasteiger partial charge in [-0.1, -0.05) is 11.6 Å². The number of rotatable bonds is 4. The Morgan fingerprint density at radius 1 is 0.818 bits per heavy atom. The van der Waals surface area contributed by atoms with Gasteiger partial charge in [0.25, 0.3) is 0 Å². The third-order valence-corrected chi connectivity index (χ3v) is 4.57. The molecule has 2 aliphatic rings. The van der Waals surface area contributed by atoms with Crippen LogP contribution in [0.15, 0.2) is 11.6 Å². The molecule has 0 amide bonds. The first-order valence-corrected chi connectivity index (χ1v) is 6.88. The molecule has 1 fully saturated rings. The molecule has 0 heterocycles. The molecule has 2 aliphatic carbocycles. The molecule has 5 atom stereocenters. The number of hydrogen-bond donors (Lipinski definition) is 4. The van der Waals surface area contributed by atoms with Crippen LogP contribution in [0.3, 0.4) is 0 Å². The molecule has 0 saturated heterocycles. The zero-order valence-electron chi connectivity index (χ0n) is 11.5. The van der Waals surface area contributed by atoms with Gasteiger partial charge >= 0.3 is 23.9 Å². The fourth-order valence-corrected chi connectivity index (χ4v) is 3.78. The number of hydrogen-bond acceptors (Lipinski definition) is 4. The zero-order chi connectivity index (χ0) is 16.6. The Morgan fingerprint density at radius 3 is 1.82 bits per heavy atom. The van der Waals surface area contributed by atoms with Crippen LogP contribution >= 0.6 is 0 Å². The maximum Gasteiger partial charge on any atom is 0.311 e. The van der Waals surface area contributed by atoms with Gasteiger partial charge in [0, 0.05) is 0 Å². The highest BCUT2D eigenvalue weighted by Gasteiger charge is 2.58. The maximum atomic E-state index is 11.5. The second-order valence-electron chi connectivity index (χ2n) is 5.65. The van der Waals surface area contributed by atoms with Crippen molar-refractivity contribution in [2.45, 2.75) is 19.3 Å². The summed E-state index contributed by atoms with van der Waals surface area (Å²) < 4.78 is 0. The molecule has 0 aromatic heterocycles. The summed E-state index contributed by atoms with van der Waals surface area (Å²) in [6.45, 7) is 0. The average Bonchev–Trinajstić information content (AvgIpc) is 2.43. The predicted octanol–water partition coefficient (Wildman–Crippen LogP) is 0.530. The summed E-state index contributed by atoms with van der Waals surface area (Å²) in [5, 5.41) is 37.4. The highest BCUT2D eigenvalue weighted by Crippen LogP contribution is 2.50. The van der Waals surface area contributed by atoms with Crippen molar-refractivity contribution in [3.63, 3.8) is 0 Å². The molecule has 0 radical (unpaired) electrons. The van der Waals surface area contributed by atoms with E-state index in [1.54, 1.807) is 6.08 Å². The van der Waals surface area contributed by atoms with Crippen LogP contribution in [0.25, 0.3) is 0 Å². The predicted molar refractivity (Wildman–Crippen MR) is 69.9 cm³/mol. The van der Waals surface area contributed by atoms with Gasteiger partial charge in [-0.05, 0) is 25.2 Å². The van der Waals surface area contributed by atoms with Gasteiger partial charge in [-0.25, -0.2) is 0 Å². The van der Waals surface area contributed by atoms with Crippen LogP contribution in [0, 0.1) is 29.6 Å². The number of aliphatic carboxylic acids is 4. The minimum absolute atomic E-state index is 0.246. The van der Waals surface area contributed by atoms with E-state index in [1.807, 2.05) is 0 Å². The molecule has 8 heteroatoms. The highest BCUT2D eigenvalue weighted by atomic mass is 16.4. The molecule has 120 valence electrons. The molecule has 0 aromatic rings. The van der Waals surface area contributed by atoms with E-state index < -0.39 is 53.5 Å². The Labute approximate surface area is 125 Å². The SMILES string of the molecule is O=C(O)C1C2=CCCCC2C(C(=O)O)C(C(=O)O)C1C(=O)O. The summed E-state index contributed by atoms with van der Waals surface area (Å²) in [7, 11) is 0. The number of fused-ring (bicyclic) bond motifs is 1. The third kappa shape index (κ3) is 2.44. The minimum atomic E-state index is -1.79. The lowest BCUT2D eigenvalue weighted by molar-refractivity contribution is -0.172. The van der Waals surface area contributed by atoms with E-state index in [4.69, 9.17) is 0 Å². The van der Waals surface area contributed by atoms with Crippen molar-refractivity contribution in [3.05, 3.63) is 11.6 Å². The molecule has 4 N–H and O–H groups in total. The van der Waals surface area contributed by atoms with E-state index in [0.717, 1.165) is 0 Å². The summed E-state index contributed by atoms with van der Waals surface area (Å²) in [6.07, 6.45) is 3.07. The lowest BCUT2D eigenvalue weighted by Gasteiger charge is -2.44. The van der Waals surface area contributed by atoms with Gasteiger partial charge in [0.1, 0.15) is 0 Å². The standard InChI is InChI=1S/C14H16O8/c15-11(16)7-5-3-1-2-4-6(5)8(12(17)18)10(14(21)22)9(7)13(19)20/h3,6-10H,1-2,4H2,(H,15,16)(H,17,18)(H,19,20)(H,21,22). The normalized spacial score (nSPS) is 34.2. The Bertz CT molecular complexity index is 563. The molecular formula is C14H16O8. The molecule has 2 rings (SSSR count). The van der Waals surface area contributed by atoms with Crippen LogP contribution in [0.1, 0.15) is 19.3 Å². The van der Waals surface area contributed by atoms with Crippen molar-refractivity contribution < 1.29 is 39.6 Å². The van der Waals surface area contributed by atoms with E-state index in [1.165, 1.54) is 0 Å². The quantitative estimate of drug-likeness (QED) is 0.549. The van der Waals surface area contributed by atoms with Crippen molar-refractivity contribution in [2.24, 2.45) is 29.6 Å². The van der Waals surface area contributed by atoms with E-state index in [2.05, 4.69) is 0 Å². The summed E-state index contributed by atoms with van der Waals surface area (Å²) in [5.74, 6) is -13.3. The lowest BCUT2D eigenvalue weighted by Crippen LogP contribution is -2.53. The van der Waals surface area contributed by atoms with Crippen LogP contribution in [0.4, 0.5) is 0 Å². The molecule has 22 heavy (non-hydrogen) atoms. The van der Waals surface area contributed by atoms with Gasteiger partial charge in [0.15, 0.2) is 0 Å². The fraction of sp³-hybridized carbons (Fsp3) is 0.571. The monoisotopic (exact) mass is 312 g/mol. The summed E-state index contributed by atoms with van der Waals surface area (Å²) in [4.78, 5) is 46.0. The van der Waals surface area contributed by atoms with E-state index in [0.29, 0.717) is 19.3 Å². The molecule has 5 unspecified atom stereocenters. The second-order valence-corrected chi connectivity index (χ2v) is 5.65. The largest absolute Gasteiger partial charge is 0.481 e.